The van der Waals surface area contributed by atoms with E-state index in [-0.39, 0.29) is 37.4 Å². The van der Waals surface area contributed by atoms with Crippen molar-refractivity contribution < 1.29 is 23.9 Å². The predicted octanol–water partition coefficient (Wildman–Crippen LogP) is 2.57. The fraction of sp³-hybridized carbons (Fsp3) is 0.571. The minimum atomic E-state index is -0.899. The van der Waals surface area contributed by atoms with Crippen molar-refractivity contribution in [2.45, 2.75) is 64.0 Å². The van der Waals surface area contributed by atoms with Crippen LogP contribution in [0, 0.1) is 0 Å². The van der Waals surface area contributed by atoms with Crippen molar-refractivity contribution in [3.05, 3.63) is 24.3 Å². The molecule has 28 heavy (non-hydrogen) atoms. The Labute approximate surface area is 165 Å². The minimum absolute atomic E-state index is 0.146. The lowest BCUT2D eigenvalue weighted by atomic mass is 10.1. The van der Waals surface area contributed by atoms with Gasteiger partial charge in [0.25, 0.3) is 5.91 Å². The first kappa shape index (κ1) is 20.2. The Morgan fingerprint density at radius 2 is 1.93 bits per heavy atom. The molecule has 7 heteroatoms. The summed E-state index contributed by atoms with van der Waals surface area (Å²) in [4.78, 5) is 38.5. The zero-order chi connectivity index (χ0) is 19.9. The van der Waals surface area contributed by atoms with Crippen molar-refractivity contribution >= 4 is 23.5 Å². The number of nitrogens with one attached hydrogen (secondary N) is 1. The van der Waals surface area contributed by atoms with E-state index in [1.54, 1.807) is 25.1 Å². The number of hydrogen-bond acceptors (Lipinski definition) is 5. The summed E-state index contributed by atoms with van der Waals surface area (Å²) in [5.74, 6) is -0.558. The van der Waals surface area contributed by atoms with Crippen LogP contribution in [0.3, 0.4) is 0 Å². The number of para-hydroxylation sites is 2. The Morgan fingerprint density at radius 1 is 1.21 bits per heavy atom. The fourth-order valence-electron chi connectivity index (χ4n) is 3.65. The van der Waals surface area contributed by atoms with Gasteiger partial charge in [-0.05, 0) is 31.9 Å². The van der Waals surface area contributed by atoms with Gasteiger partial charge in [-0.2, -0.15) is 0 Å². The van der Waals surface area contributed by atoms with E-state index in [9.17, 15) is 14.4 Å². The van der Waals surface area contributed by atoms with E-state index in [0.29, 0.717) is 11.4 Å². The molecule has 1 aliphatic heterocycles. The molecular formula is C21H28N2O5. The van der Waals surface area contributed by atoms with E-state index in [1.165, 1.54) is 17.7 Å². The first-order valence-electron chi connectivity index (χ1n) is 10.1. The first-order chi connectivity index (χ1) is 13.5. The monoisotopic (exact) mass is 388 g/mol. The summed E-state index contributed by atoms with van der Waals surface area (Å²) in [7, 11) is 0. The topological polar surface area (TPSA) is 84.9 Å². The molecule has 1 aliphatic carbocycles. The van der Waals surface area contributed by atoms with Crippen LogP contribution >= 0.6 is 0 Å². The third kappa shape index (κ3) is 5.24. The largest absolute Gasteiger partial charge is 0.491 e. The molecular weight excluding hydrogens is 360 g/mol. The smallest absolute Gasteiger partial charge is 0.326 e. The second-order valence-corrected chi connectivity index (χ2v) is 7.38. The van der Waals surface area contributed by atoms with Gasteiger partial charge in [-0.15, -0.1) is 0 Å². The lowest BCUT2D eigenvalue weighted by Crippen LogP contribution is -2.43. The highest BCUT2D eigenvalue weighted by Crippen LogP contribution is 2.30. The standard InChI is InChI=1S/C21H28N2O5/c1-15(21(26)22-16-8-4-2-3-5-9-16)28-20(25)14-23-17-10-6-7-11-18(17)27-13-12-19(23)24/h6-7,10-11,15-16H,2-5,8-9,12-14H2,1H3,(H,22,26)/t15-/m0/s1. The Kier molecular flexibility index (Phi) is 6.90. The van der Waals surface area contributed by atoms with Crippen molar-refractivity contribution in [1.82, 2.24) is 5.32 Å². The molecule has 3 rings (SSSR count). The Balaban J connectivity index is 1.56. The molecule has 2 aliphatic rings. The number of carbonyl (C=O) groups excluding carboxylic acids is 3. The van der Waals surface area contributed by atoms with Crippen molar-refractivity contribution in [2.75, 3.05) is 18.1 Å². The molecule has 0 spiro atoms. The van der Waals surface area contributed by atoms with E-state index in [4.69, 9.17) is 9.47 Å². The molecule has 0 radical (unpaired) electrons. The zero-order valence-corrected chi connectivity index (χ0v) is 16.3. The van der Waals surface area contributed by atoms with E-state index in [0.717, 1.165) is 25.7 Å². The lowest BCUT2D eigenvalue weighted by Gasteiger charge is -2.23. The van der Waals surface area contributed by atoms with Gasteiger partial charge in [0.1, 0.15) is 12.3 Å². The highest BCUT2D eigenvalue weighted by atomic mass is 16.5. The number of fused-ring (bicyclic) bond motifs is 1. The van der Waals surface area contributed by atoms with E-state index >= 15 is 0 Å². The fourth-order valence-corrected chi connectivity index (χ4v) is 3.65. The molecule has 0 bridgehead atoms. The summed E-state index contributed by atoms with van der Waals surface area (Å²) >= 11 is 0. The number of ether oxygens (including phenoxy) is 2. The van der Waals surface area contributed by atoms with Crippen molar-refractivity contribution in [1.29, 1.82) is 0 Å². The normalized spacial score (nSPS) is 18.9. The van der Waals surface area contributed by atoms with Crippen LogP contribution in [0.25, 0.3) is 0 Å². The van der Waals surface area contributed by atoms with Crippen LogP contribution in [-0.2, 0) is 19.1 Å². The van der Waals surface area contributed by atoms with Gasteiger partial charge in [0, 0.05) is 6.04 Å². The molecule has 1 N–H and O–H groups in total. The van der Waals surface area contributed by atoms with Gasteiger partial charge in [0.15, 0.2) is 6.10 Å². The van der Waals surface area contributed by atoms with Gasteiger partial charge in [-0.3, -0.25) is 19.3 Å². The lowest BCUT2D eigenvalue weighted by molar-refractivity contribution is -0.154. The Hall–Kier alpha value is -2.57. The number of anilines is 1. The van der Waals surface area contributed by atoms with Gasteiger partial charge in [0.2, 0.25) is 5.91 Å². The highest BCUT2D eigenvalue weighted by Gasteiger charge is 2.28. The zero-order valence-electron chi connectivity index (χ0n) is 16.3. The number of rotatable bonds is 5. The molecule has 1 heterocycles. The maximum Gasteiger partial charge on any atom is 0.326 e. The van der Waals surface area contributed by atoms with Crippen LogP contribution in [0.1, 0.15) is 51.9 Å². The number of carbonyl (C=O) groups is 3. The van der Waals surface area contributed by atoms with E-state index < -0.39 is 12.1 Å². The molecule has 2 amide bonds. The van der Waals surface area contributed by atoms with Gasteiger partial charge >= 0.3 is 5.97 Å². The molecule has 152 valence electrons. The SMILES string of the molecule is C[C@H](OC(=O)CN1C(=O)CCOc2ccccc21)C(=O)NC1CCCCCC1. The molecule has 0 saturated heterocycles. The molecule has 1 saturated carbocycles. The summed E-state index contributed by atoms with van der Waals surface area (Å²) < 4.78 is 10.9. The van der Waals surface area contributed by atoms with Gasteiger partial charge in [-0.25, -0.2) is 0 Å². The van der Waals surface area contributed by atoms with Crippen molar-refractivity contribution in [3.63, 3.8) is 0 Å². The Morgan fingerprint density at radius 3 is 2.68 bits per heavy atom. The maximum absolute atomic E-state index is 12.4. The average Bonchev–Trinajstić information content (AvgIpc) is 3.02. The molecule has 7 nitrogen and oxygen atoms in total. The molecule has 0 unspecified atom stereocenters. The quantitative estimate of drug-likeness (QED) is 0.619. The molecule has 1 fully saturated rings. The molecule has 1 aromatic carbocycles. The molecule has 1 aromatic rings. The number of benzene rings is 1. The van der Waals surface area contributed by atoms with Crippen molar-refractivity contribution in [2.24, 2.45) is 0 Å². The summed E-state index contributed by atoms with van der Waals surface area (Å²) in [5, 5.41) is 2.99. The van der Waals surface area contributed by atoms with Gasteiger partial charge in [-0.1, -0.05) is 37.8 Å². The summed E-state index contributed by atoms with van der Waals surface area (Å²) in [6, 6.07) is 7.23. The highest BCUT2D eigenvalue weighted by molar-refractivity contribution is 5.99. The molecule has 0 aromatic heterocycles. The maximum atomic E-state index is 12.4. The van der Waals surface area contributed by atoms with Crippen LogP contribution in [0.15, 0.2) is 24.3 Å². The third-order valence-corrected chi connectivity index (χ3v) is 5.20. The predicted molar refractivity (Wildman–Crippen MR) is 104 cm³/mol. The van der Waals surface area contributed by atoms with E-state index in [1.807, 2.05) is 6.07 Å². The number of amides is 2. The number of esters is 1. The molecule has 1 atom stereocenters. The third-order valence-electron chi connectivity index (χ3n) is 5.20. The van der Waals surface area contributed by atoms with Crippen LogP contribution < -0.4 is 15.0 Å². The van der Waals surface area contributed by atoms with Gasteiger partial charge in [0.05, 0.1) is 18.7 Å². The van der Waals surface area contributed by atoms with Crippen LogP contribution in [0.4, 0.5) is 5.69 Å². The second kappa shape index (κ2) is 9.57. The second-order valence-electron chi connectivity index (χ2n) is 7.38. The minimum Gasteiger partial charge on any atom is -0.491 e. The van der Waals surface area contributed by atoms with Crippen LogP contribution in [0.2, 0.25) is 0 Å². The number of nitrogens with zero attached hydrogens (tertiary/aromatic N) is 1. The van der Waals surface area contributed by atoms with Crippen LogP contribution in [-0.4, -0.2) is 43.1 Å². The Bertz CT molecular complexity index is 713. The number of hydrogen-bond donors (Lipinski definition) is 1. The van der Waals surface area contributed by atoms with E-state index in [2.05, 4.69) is 5.32 Å². The van der Waals surface area contributed by atoms with Crippen LogP contribution in [0.5, 0.6) is 5.75 Å². The summed E-state index contributed by atoms with van der Waals surface area (Å²) in [6.45, 7) is 1.58. The van der Waals surface area contributed by atoms with Crippen molar-refractivity contribution in [3.8, 4) is 5.75 Å². The van der Waals surface area contributed by atoms with Gasteiger partial charge < -0.3 is 14.8 Å². The first-order valence-corrected chi connectivity index (χ1v) is 10.1. The average molecular weight is 388 g/mol. The summed E-state index contributed by atoms with van der Waals surface area (Å²) in [5.41, 5.74) is 0.539. The summed E-state index contributed by atoms with van der Waals surface area (Å²) in [6.07, 6.45) is 5.83.